The van der Waals surface area contributed by atoms with Gasteiger partial charge < -0.3 is 14.2 Å². The Kier molecular flexibility index (Phi) is 4.01. The molecule has 1 aromatic carbocycles. The molecule has 1 rings (SSSR count). The normalized spacial score (nSPS) is 9.81. The Hall–Kier alpha value is -1.42. The Balaban J connectivity index is 3.57. The van der Waals surface area contributed by atoms with E-state index < -0.39 is 0 Å². The van der Waals surface area contributed by atoms with Crippen molar-refractivity contribution in [3.63, 3.8) is 0 Å². The number of carbonyl (C=O) groups excluding carboxylic acids is 1. The number of hydrogen-bond acceptors (Lipinski definition) is 4. The van der Waals surface area contributed by atoms with Crippen molar-refractivity contribution in [2.45, 2.75) is 6.92 Å². The SMILES string of the molecule is COc1cc(Cl)c(C(C)=O)c(OC)c1OC. The van der Waals surface area contributed by atoms with Gasteiger partial charge in [-0.15, -0.1) is 0 Å². The molecule has 0 heterocycles. The molecule has 5 heteroatoms. The van der Waals surface area contributed by atoms with Crippen LogP contribution in [0.3, 0.4) is 0 Å². The zero-order valence-electron chi connectivity index (χ0n) is 9.59. The lowest BCUT2D eigenvalue weighted by Gasteiger charge is -2.15. The fourth-order valence-electron chi connectivity index (χ4n) is 1.45. The van der Waals surface area contributed by atoms with Crippen LogP contribution in [-0.4, -0.2) is 27.1 Å². The van der Waals surface area contributed by atoms with Gasteiger partial charge in [0.15, 0.2) is 17.3 Å². The van der Waals surface area contributed by atoms with Crippen LogP contribution in [0.1, 0.15) is 17.3 Å². The molecule has 4 nitrogen and oxygen atoms in total. The van der Waals surface area contributed by atoms with Crippen molar-refractivity contribution >= 4 is 17.4 Å². The highest BCUT2D eigenvalue weighted by atomic mass is 35.5. The van der Waals surface area contributed by atoms with Crippen molar-refractivity contribution in [3.8, 4) is 17.2 Å². The molecule has 0 aliphatic carbocycles. The van der Waals surface area contributed by atoms with Gasteiger partial charge in [-0.1, -0.05) is 11.6 Å². The van der Waals surface area contributed by atoms with Crippen molar-refractivity contribution < 1.29 is 19.0 Å². The summed E-state index contributed by atoms with van der Waals surface area (Å²) in [4.78, 5) is 11.5. The second-order valence-electron chi connectivity index (χ2n) is 3.06. The minimum absolute atomic E-state index is 0.192. The van der Waals surface area contributed by atoms with E-state index in [2.05, 4.69) is 0 Å². The molecule has 0 atom stereocenters. The third kappa shape index (κ3) is 2.07. The summed E-state index contributed by atoms with van der Waals surface area (Å²) in [5.41, 5.74) is 0.293. The predicted molar refractivity (Wildman–Crippen MR) is 61.1 cm³/mol. The van der Waals surface area contributed by atoms with E-state index >= 15 is 0 Å². The summed E-state index contributed by atoms with van der Waals surface area (Å²) in [6.07, 6.45) is 0. The highest BCUT2D eigenvalue weighted by molar-refractivity contribution is 6.34. The second-order valence-corrected chi connectivity index (χ2v) is 3.47. The average molecular weight is 245 g/mol. The lowest BCUT2D eigenvalue weighted by Crippen LogP contribution is -2.03. The number of Topliss-reactive ketones (excluding diaryl/α,β-unsaturated/α-hetero) is 1. The van der Waals surface area contributed by atoms with Gasteiger partial charge in [0.2, 0.25) is 5.75 Å². The summed E-state index contributed by atoms with van der Waals surface area (Å²) in [5.74, 6) is 0.885. The highest BCUT2D eigenvalue weighted by Crippen LogP contribution is 2.43. The number of hydrogen-bond donors (Lipinski definition) is 0. The molecule has 0 saturated heterocycles. The molecule has 0 fully saturated rings. The van der Waals surface area contributed by atoms with E-state index in [-0.39, 0.29) is 10.8 Å². The van der Waals surface area contributed by atoms with Crippen molar-refractivity contribution in [1.29, 1.82) is 0 Å². The first-order valence-corrected chi connectivity index (χ1v) is 4.94. The maximum absolute atomic E-state index is 11.5. The number of carbonyl (C=O) groups is 1. The zero-order chi connectivity index (χ0) is 12.3. The molecule has 0 aliphatic heterocycles. The summed E-state index contributed by atoms with van der Waals surface area (Å²) in [6, 6.07) is 1.53. The quantitative estimate of drug-likeness (QED) is 0.764. The molecule has 0 N–H and O–H groups in total. The Morgan fingerprint density at radius 2 is 1.69 bits per heavy atom. The molecule has 0 saturated carbocycles. The molecule has 0 bridgehead atoms. The monoisotopic (exact) mass is 244 g/mol. The van der Waals surface area contributed by atoms with Gasteiger partial charge in [0, 0.05) is 6.07 Å². The Morgan fingerprint density at radius 3 is 2.06 bits per heavy atom. The maximum Gasteiger partial charge on any atom is 0.204 e. The van der Waals surface area contributed by atoms with Crippen LogP contribution in [0.5, 0.6) is 17.2 Å². The van der Waals surface area contributed by atoms with E-state index in [1.165, 1.54) is 34.3 Å². The van der Waals surface area contributed by atoms with Gasteiger partial charge in [0.05, 0.1) is 31.9 Å². The van der Waals surface area contributed by atoms with Crippen LogP contribution in [0, 0.1) is 0 Å². The molecule has 0 amide bonds. The summed E-state index contributed by atoms with van der Waals surface area (Å²) in [6.45, 7) is 1.41. The van der Waals surface area contributed by atoms with Crippen LogP contribution in [0.25, 0.3) is 0 Å². The van der Waals surface area contributed by atoms with E-state index in [9.17, 15) is 4.79 Å². The largest absolute Gasteiger partial charge is 0.493 e. The fourth-order valence-corrected chi connectivity index (χ4v) is 1.77. The van der Waals surface area contributed by atoms with E-state index in [0.29, 0.717) is 22.8 Å². The molecule has 16 heavy (non-hydrogen) atoms. The fraction of sp³-hybridized carbons (Fsp3) is 0.364. The zero-order valence-corrected chi connectivity index (χ0v) is 10.3. The van der Waals surface area contributed by atoms with E-state index in [1.54, 1.807) is 0 Å². The van der Waals surface area contributed by atoms with E-state index in [0.717, 1.165) is 0 Å². The van der Waals surface area contributed by atoms with Crippen molar-refractivity contribution in [2.24, 2.45) is 0 Å². The van der Waals surface area contributed by atoms with Crippen molar-refractivity contribution in [3.05, 3.63) is 16.7 Å². The third-order valence-electron chi connectivity index (χ3n) is 2.13. The molecule has 0 unspecified atom stereocenters. The maximum atomic E-state index is 11.5. The minimum Gasteiger partial charge on any atom is -0.493 e. The lowest BCUT2D eigenvalue weighted by molar-refractivity contribution is 0.101. The summed E-state index contributed by atoms with van der Waals surface area (Å²) >= 11 is 5.98. The average Bonchev–Trinajstić information content (AvgIpc) is 2.26. The van der Waals surface area contributed by atoms with E-state index in [4.69, 9.17) is 25.8 Å². The van der Waals surface area contributed by atoms with Crippen LogP contribution in [0.4, 0.5) is 0 Å². The number of ketones is 1. The highest BCUT2D eigenvalue weighted by Gasteiger charge is 2.22. The number of methoxy groups -OCH3 is 3. The minimum atomic E-state index is -0.192. The summed E-state index contributed by atoms with van der Waals surface area (Å²) in [5, 5.41) is 0.280. The van der Waals surface area contributed by atoms with Crippen molar-refractivity contribution in [1.82, 2.24) is 0 Å². The predicted octanol–water partition coefficient (Wildman–Crippen LogP) is 2.57. The Bertz CT molecular complexity index is 415. The summed E-state index contributed by atoms with van der Waals surface area (Å²) < 4.78 is 15.4. The molecule has 0 radical (unpaired) electrons. The first-order chi connectivity index (χ1) is 7.56. The number of rotatable bonds is 4. The molecular formula is C11H13ClO4. The lowest BCUT2D eigenvalue weighted by atomic mass is 10.1. The molecule has 0 aromatic heterocycles. The standard InChI is InChI=1S/C11H13ClO4/c1-6(13)9-7(12)5-8(14-2)10(15-3)11(9)16-4/h5H,1-4H3. The summed E-state index contributed by atoms with van der Waals surface area (Å²) in [7, 11) is 4.40. The van der Waals surface area contributed by atoms with Crippen LogP contribution in [0.2, 0.25) is 5.02 Å². The number of ether oxygens (including phenoxy) is 3. The van der Waals surface area contributed by atoms with E-state index in [1.807, 2.05) is 0 Å². The van der Waals surface area contributed by atoms with Crippen LogP contribution < -0.4 is 14.2 Å². The molecule has 1 aromatic rings. The van der Waals surface area contributed by atoms with Gasteiger partial charge in [-0.3, -0.25) is 4.79 Å². The second kappa shape index (κ2) is 5.07. The third-order valence-corrected chi connectivity index (χ3v) is 2.43. The Labute approximate surface area is 99.1 Å². The van der Waals surface area contributed by atoms with Crippen LogP contribution in [0.15, 0.2) is 6.07 Å². The number of halogens is 1. The van der Waals surface area contributed by atoms with Gasteiger partial charge in [0.1, 0.15) is 0 Å². The smallest absolute Gasteiger partial charge is 0.204 e. The first kappa shape index (κ1) is 12.6. The molecule has 88 valence electrons. The molecular weight excluding hydrogens is 232 g/mol. The Morgan fingerprint density at radius 1 is 1.12 bits per heavy atom. The van der Waals surface area contributed by atoms with Gasteiger partial charge in [0.25, 0.3) is 0 Å². The number of benzene rings is 1. The van der Waals surface area contributed by atoms with Crippen LogP contribution in [-0.2, 0) is 0 Å². The molecule has 0 aliphatic rings. The topological polar surface area (TPSA) is 44.8 Å². The van der Waals surface area contributed by atoms with Crippen LogP contribution >= 0.6 is 11.6 Å². The van der Waals surface area contributed by atoms with Gasteiger partial charge in [-0.05, 0) is 6.92 Å². The molecule has 0 spiro atoms. The van der Waals surface area contributed by atoms with Gasteiger partial charge in [-0.25, -0.2) is 0 Å². The van der Waals surface area contributed by atoms with Gasteiger partial charge in [-0.2, -0.15) is 0 Å². The first-order valence-electron chi connectivity index (χ1n) is 4.56. The van der Waals surface area contributed by atoms with Crippen molar-refractivity contribution in [2.75, 3.05) is 21.3 Å². The van der Waals surface area contributed by atoms with Gasteiger partial charge >= 0.3 is 0 Å².